The molecule has 2 fully saturated rings. The molecule has 1 aromatic carbocycles. The second-order valence-corrected chi connectivity index (χ2v) is 14.2. The standard InChI is InChI=1S/C28H41N5O4S/c1-19-7-8-20(17-22(19)38(36,37)32-26(2,3)4)29-25(35)21-9-10-23(31-27(5,6)18-34)30-24(21)33-15-13-28(11-12-28)14-16-33/h7-10,17,32,34H,11-16,18H2,1-6H3,(H,29,35)(H,30,31). The number of aryl methyl sites for hydroxylation is 1. The number of pyridine rings is 1. The molecule has 0 bridgehead atoms. The van der Waals surface area contributed by atoms with Gasteiger partial charge in [0.25, 0.3) is 5.91 Å². The van der Waals surface area contributed by atoms with Gasteiger partial charge in [0.15, 0.2) is 0 Å². The van der Waals surface area contributed by atoms with Crippen LogP contribution in [0.5, 0.6) is 0 Å². The predicted molar refractivity (Wildman–Crippen MR) is 151 cm³/mol. The Hall–Kier alpha value is -2.69. The molecule has 4 N–H and O–H groups in total. The number of carbonyl (C=O) groups excluding carboxylic acids is 1. The number of benzene rings is 1. The van der Waals surface area contributed by atoms with Crippen molar-refractivity contribution in [3.8, 4) is 0 Å². The average Bonchev–Trinajstić information content (AvgIpc) is 3.57. The van der Waals surface area contributed by atoms with E-state index in [1.165, 1.54) is 18.9 Å². The molecular formula is C28H41N5O4S. The van der Waals surface area contributed by atoms with Crippen LogP contribution in [0.3, 0.4) is 0 Å². The van der Waals surface area contributed by atoms with Crippen molar-refractivity contribution in [1.29, 1.82) is 0 Å². The third-order valence-electron chi connectivity index (χ3n) is 7.24. The SMILES string of the molecule is Cc1ccc(NC(=O)c2ccc(NC(C)(C)CO)nc2N2CCC3(CC2)CC3)cc1S(=O)(=O)NC(C)(C)C. The summed E-state index contributed by atoms with van der Waals surface area (Å²) in [4.78, 5) is 20.6. The minimum atomic E-state index is -3.78. The van der Waals surface area contributed by atoms with Crippen LogP contribution >= 0.6 is 0 Å². The second kappa shape index (κ2) is 10.1. The molecule has 208 valence electrons. The van der Waals surface area contributed by atoms with Crippen molar-refractivity contribution in [2.24, 2.45) is 5.41 Å². The molecule has 1 aromatic heterocycles. The summed E-state index contributed by atoms with van der Waals surface area (Å²) in [5, 5.41) is 15.8. The monoisotopic (exact) mass is 543 g/mol. The Morgan fingerprint density at radius 1 is 1.05 bits per heavy atom. The van der Waals surface area contributed by atoms with Crippen LogP contribution < -0.4 is 20.3 Å². The Morgan fingerprint density at radius 3 is 2.29 bits per heavy atom. The maximum absolute atomic E-state index is 13.5. The van der Waals surface area contributed by atoms with E-state index in [1.807, 2.05) is 13.8 Å². The molecule has 1 saturated carbocycles. The molecule has 4 rings (SSSR count). The van der Waals surface area contributed by atoms with E-state index in [4.69, 9.17) is 4.98 Å². The Labute approximate surface area is 226 Å². The number of nitrogens with one attached hydrogen (secondary N) is 3. The Morgan fingerprint density at radius 2 is 1.71 bits per heavy atom. The first-order valence-electron chi connectivity index (χ1n) is 13.2. The van der Waals surface area contributed by atoms with E-state index in [-0.39, 0.29) is 17.4 Å². The van der Waals surface area contributed by atoms with Gasteiger partial charge in [-0.15, -0.1) is 0 Å². The second-order valence-electron chi connectivity index (χ2n) is 12.5. The minimum absolute atomic E-state index is 0.0682. The molecular weight excluding hydrogens is 502 g/mol. The van der Waals surface area contributed by atoms with Crippen molar-refractivity contribution in [3.05, 3.63) is 41.5 Å². The molecule has 0 atom stereocenters. The molecule has 1 saturated heterocycles. The van der Waals surface area contributed by atoms with Gasteiger partial charge in [-0.3, -0.25) is 4.79 Å². The number of anilines is 3. The van der Waals surface area contributed by atoms with E-state index in [2.05, 4.69) is 20.3 Å². The highest BCUT2D eigenvalue weighted by Crippen LogP contribution is 2.54. The normalized spacial score (nSPS) is 17.4. The lowest BCUT2D eigenvalue weighted by Crippen LogP contribution is -2.40. The fraction of sp³-hybridized carbons (Fsp3) is 0.571. The van der Waals surface area contributed by atoms with Crippen molar-refractivity contribution in [3.63, 3.8) is 0 Å². The first-order chi connectivity index (χ1) is 17.6. The first kappa shape index (κ1) is 28.3. The highest BCUT2D eigenvalue weighted by atomic mass is 32.2. The summed E-state index contributed by atoms with van der Waals surface area (Å²) in [6.07, 6.45) is 4.71. The first-order valence-corrected chi connectivity index (χ1v) is 14.7. The van der Waals surface area contributed by atoms with Gasteiger partial charge < -0.3 is 20.6 Å². The molecule has 0 unspecified atom stereocenters. The van der Waals surface area contributed by atoms with E-state index >= 15 is 0 Å². The van der Waals surface area contributed by atoms with Crippen LogP contribution in [0.25, 0.3) is 0 Å². The van der Waals surface area contributed by atoms with E-state index in [0.717, 1.165) is 25.9 Å². The van der Waals surface area contributed by atoms with E-state index in [0.29, 0.717) is 33.9 Å². The number of aliphatic hydroxyl groups is 1. The topological polar surface area (TPSA) is 124 Å². The Kier molecular flexibility index (Phi) is 7.55. The summed E-state index contributed by atoms with van der Waals surface area (Å²) in [7, 11) is -3.78. The number of sulfonamides is 1. The molecule has 9 nitrogen and oxygen atoms in total. The number of aliphatic hydroxyl groups excluding tert-OH is 1. The summed E-state index contributed by atoms with van der Waals surface area (Å²) in [6.45, 7) is 12.4. The molecule has 1 spiro atoms. The number of nitrogens with zero attached hydrogens (tertiary/aromatic N) is 2. The average molecular weight is 544 g/mol. The molecule has 38 heavy (non-hydrogen) atoms. The molecule has 0 radical (unpaired) electrons. The van der Waals surface area contributed by atoms with Crippen LogP contribution in [-0.2, 0) is 10.0 Å². The molecule has 2 aromatic rings. The Bertz CT molecular complexity index is 1300. The van der Waals surface area contributed by atoms with Gasteiger partial charge in [0, 0.05) is 24.3 Å². The molecule has 1 aliphatic heterocycles. The fourth-order valence-electron chi connectivity index (χ4n) is 4.82. The van der Waals surface area contributed by atoms with Crippen molar-refractivity contribution in [2.75, 3.05) is 35.2 Å². The number of hydrogen-bond donors (Lipinski definition) is 4. The van der Waals surface area contributed by atoms with E-state index in [9.17, 15) is 18.3 Å². The quantitative estimate of drug-likeness (QED) is 0.392. The molecule has 2 heterocycles. The summed E-state index contributed by atoms with van der Waals surface area (Å²) in [5.74, 6) is 0.813. The van der Waals surface area contributed by atoms with Gasteiger partial charge in [0.05, 0.1) is 22.6 Å². The smallest absolute Gasteiger partial charge is 0.259 e. The maximum Gasteiger partial charge on any atom is 0.259 e. The van der Waals surface area contributed by atoms with Crippen molar-refractivity contribution < 1.29 is 18.3 Å². The molecule has 1 aliphatic carbocycles. The molecule has 1 amide bonds. The summed E-state index contributed by atoms with van der Waals surface area (Å²) in [6, 6.07) is 8.36. The van der Waals surface area contributed by atoms with Gasteiger partial charge in [0.1, 0.15) is 11.6 Å². The zero-order valence-electron chi connectivity index (χ0n) is 23.3. The van der Waals surface area contributed by atoms with Crippen LogP contribution in [0.15, 0.2) is 35.2 Å². The lowest BCUT2D eigenvalue weighted by molar-refractivity contribution is 0.102. The van der Waals surface area contributed by atoms with Gasteiger partial charge in [-0.1, -0.05) is 6.07 Å². The number of aromatic nitrogens is 1. The molecule has 10 heteroatoms. The summed E-state index contributed by atoms with van der Waals surface area (Å²) >= 11 is 0. The number of piperidine rings is 1. The largest absolute Gasteiger partial charge is 0.394 e. The van der Waals surface area contributed by atoms with Gasteiger partial charge in [-0.2, -0.15) is 0 Å². The van der Waals surface area contributed by atoms with Crippen molar-refractivity contribution in [2.45, 2.75) is 83.2 Å². The third-order valence-corrected chi connectivity index (χ3v) is 9.14. The summed E-state index contributed by atoms with van der Waals surface area (Å²) < 4.78 is 28.7. The molecule has 2 aliphatic rings. The highest BCUT2D eigenvalue weighted by Gasteiger charge is 2.45. The van der Waals surface area contributed by atoms with E-state index in [1.54, 1.807) is 52.0 Å². The van der Waals surface area contributed by atoms with E-state index < -0.39 is 21.1 Å². The number of rotatable bonds is 8. The lowest BCUT2D eigenvalue weighted by atomic mass is 9.93. The van der Waals surface area contributed by atoms with Crippen LogP contribution in [0.2, 0.25) is 0 Å². The number of hydrogen-bond acceptors (Lipinski definition) is 7. The minimum Gasteiger partial charge on any atom is -0.394 e. The van der Waals surface area contributed by atoms with Gasteiger partial charge in [-0.25, -0.2) is 18.1 Å². The fourth-order valence-corrected chi connectivity index (χ4v) is 6.51. The summed E-state index contributed by atoms with van der Waals surface area (Å²) in [5.41, 5.74) is 0.657. The lowest BCUT2D eigenvalue weighted by Gasteiger charge is -2.34. The van der Waals surface area contributed by atoms with Crippen LogP contribution in [0.1, 0.15) is 76.2 Å². The van der Waals surface area contributed by atoms with Gasteiger partial charge in [0.2, 0.25) is 10.0 Å². The van der Waals surface area contributed by atoms with Crippen molar-refractivity contribution in [1.82, 2.24) is 9.71 Å². The van der Waals surface area contributed by atoms with Gasteiger partial charge in [-0.05, 0) is 102 Å². The number of carbonyl (C=O) groups is 1. The van der Waals surface area contributed by atoms with Crippen molar-refractivity contribution >= 4 is 33.3 Å². The van der Waals surface area contributed by atoms with Crippen LogP contribution in [0, 0.1) is 12.3 Å². The van der Waals surface area contributed by atoms with Crippen LogP contribution in [0.4, 0.5) is 17.3 Å². The maximum atomic E-state index is 13.5. The zero-order chi connectivity index (χ0) is 27.9. The third kappa shape index (κ3) is 6.65. The van der Waals surface area contributed by atoms with Crippen LogP contribution in [-0.4, -0.2) is 55.2 Å². The van der Waals surface area contributed by atoms with Gasteiger partial charge >= 0.3 is 0 Å². The zero-order valence-corrected chi connectivity index (χ0v) is 24.1. The Balaban J connectivity index is 1.63. The highest BCUT2D eigenvalue weighted by molar-refractivity contribution is 7.89. The predicted octanol–water partition coefficient (Wildman–Crippen LogP) is 4.28. The number of amides is 1.